The second-order valence-corrected chi connectivity index (χ2v) is 4.95. The minimum atomic E-state index is 0.185. The summed E-state index contributed by atoms with van der Waals surface area (Å²) < 4.78 is 1.64. The Hall–Kier alpha value is -2.95. The Morgan fingerprint density at radius 1 is 1.00 bits per heavy atom. The van der Waals surface area contributed by atoms with E-state index in [-0.39, 0.29) is 5.75 Å². The van der Waals surface area contributed by atoms with Gasteiger partial charge in [0.2, 0.25) is 0 Å². The highest BCUT2D eigenvalue weighted by molar-refractivity contribution is 5.73. The second kappa shape index (κ2) is 6.22. The summed E-state index contributed by atoms with van der Waals surface area (Å²) in [6, 6.07) is 16.7. The first-order valence-electron chi connectivity index (χ1n) is 7.01. The van der Waals surface area contributed by atoms with Gasteiger partial charge in [-0.15, -0.1) is 5.10 Å². The third-order valence-corrected chi connectivity index (χ3v) is 3.49. The molecule has 0 fully saturated rings. The average Bonchev–Trinajstić information content (AvgIpc) is 2.97. The number of phenols is 1. The molecule has 3 aromatic rings. The molecule has 0 spiro atoms. The molecule has 0 bridgehead atoms. The second-order valence-electron chi connectivity index (χ2n) is 4.95. The molecule has 1 N–H and O–H groups in total. The van der Waals surface area contributed by atoms with E-state index in [1.54, 1.807) is 28.9 Å². The van der Waals surface area contributed by atoms with Crippen molar-refractivity contribution in [2.45, 2.75) is 12.8 Å². The van der Waals surface area contributed by atoms with Crippen LogP contribution < -0.4 is 0 Å². The first-order valence-corrected chi connectivity index (χ1v) is 7.01. The lowest BCUT2D eigenvalue weighted by Gasteiger charge is -2.07. The molecular weight excluding hydrogens is 278 g/mol. The van der Waals surface area contributed by atoms with Crippen molar-refractivity contribution in [3.05, 3.63) is 71.5 Å². The van der Waals surface area contributed by atoms with Gasteiger partial charge in [-0.05, 0) is 42.7 Å². The zero-order chi connectivity index (χ0) is 15.4. The van der Waals surface area contributed by atoms with Gasteiger partial charge in [-0.25, -0.2) is 4.68 Å². The van der Waals surface area contributed by atoms with E-state index in [4.69, 9.17) is 0 Å². The quantitative estimate of drug-likeness (QED) is 0.734. The normalized spacial score (nSPS) is 10.5. The van der Waals surface area contributed by atoms with Gasteiger partial charge >= 0.3 is 0 Å². The van der Waals surface area contributed by atoms with Crippen molar-refractivity contribution in [2.75, 3.05) is 0 Å². The van der Waals surface area contributed by atoms with Crippen LogP contribution in [0.25, 0.3) is 5.69 Å². The summed E-state index contributed by atoms with van der Waals surface area (Å²) in [5, 5.41) is 17.4. The zero-order valence-corrected chi connectivity index (χ0v) is 11.9. The molecule has 0 aliphatic carbocycles. The van der Waals surface area contributed by atoms with E-state index >= 15 is 0 Å². The minimum Gasteiger partial charge on any atom is -0.508 e. The Bertz CT molecular complexity index is 764. The number of hydrogen-bond donors (Lipinski definition) is 1. The van der Waals surface area contributed by atoms with Crippen LogP contribution in [0.3, 0.4) is 0 Å². The van der Waals surface area contributed by atoms with E-state index < -0.39 is 0 Å². The number of rotatable bonds is 5. The Labute approximate surface area is 127 Å². The predicted octanol–water partition coefficient (Wildman–Crippen LogP) is 2.57. The number of phenolic OH excluding ortho intramolecular Hbond substituents is 1. The number of aromatic nitrogens is 3. The smallest absolute Gasteiger partial charge is 0.172 e. The van der Waals surface area contributed by atoms with Crippen molar-refractivity contribution in [2.24, 2.45) is 0 Å². The fourth-order valence-electron chi connectivity index (χ4n) is 2.35. The largest absolute Gasteiger partial charge is 0.508 e. The molecule has 5 heteroatoms. The van der Waals surface area contributed by atoms with Crippen LogP contribution in [0.1, 0.15) is 21.7 Å². The van der Waals surface area contributed by atoms with Crippen LogP contribution in [-0.2, 0) is 12.8 Å². The summed E-state index contributed by atoms with van der Waals surface area (Å²) in [4.78, 5) is 11.2. The van der Waals surface area contributed by atoms with Crippen LogP contribution in [0.15, 0.2) is 54.6 Å². The zero-order valence-electron chi connectivity index (χ0n) is 11.9. The highest BCUT2D eigenvalue weighted by Gasteiger charge is 2.13. The van der Waals surface area contributed by atoms with Gasteiger partial charge in [-0.3, -0.25) is 4.79 Å². The monoisotopic (exact) mass is 293 g/mol. The number of aldehydes is 1. The summed E-state index contributed by atoms with van der Waals surface area (Å²) in [6.45, 7) is 0. The number of aryl methyl sites for hydroxylation is 1. The molecule has 2 aromatic carbocycles. The van der Waals surface area contributed by atoms with Crippen molar-refractivity contribution in [1.82, 2.24) is 15.0 Å². The molecule has 0 saturated heterocycles. The SMILES string of the molecule is O=Cc1nnn(-c2ccc(O)cc2)c1CCc1ccccc1. The molecule has 0 aliphatic rings. The van der Waals surface area contributed by atoms with E-state index in [1.165, 1.54) is 5.56 Å². The van der Waals surface area contributed by atoms with Gasteiger partial charge in [0.05, 0.1) is 11.4 Å². The van der Waals surface area contributed by atoms with Crippen LogP contribution in [0.2, 0.25) is 0 Å². The van der Waals surface area contributed by atoms with Gasteiger partial charge in [0.25, 0.3) is 0 Å². The van der Waals surface area contributed by atoms with Gasteiger partial charge < -0.3 is 5.11 Å². The number of carbonyl (C=O) groups is 1. The first-order chi connectivity index (χ1) is 10.8. The van der Waals surface area contributed by atoms with Gasteiger partial charge in [-0.1, -0.05) is 35.5 Å². The van der Waals surface area contributed by atoms with Crippen molar-refractivity contribution < 1.29 is 9.90 Å². The molecular formula is C17H15N3O2. The predicted molar refractivity (Wildman–Crippen MR) is 82.3 cm³/mol. The summed E-state index contributed by atoms with van der Waals surface area (Å²) in [7, 11) is 0. The van der Waals surface area contributed by atoms with Gasteiger partial charge in [0.15, 0.2) is 6.29 Å². The number of benzene rings is 2. The molecule has 5 nitrogen and oxygen atoms in total. The molecule has 1 aromatic heterocycles. The first kappa shape index (κ1) is 14.0. The van der Waals surface area contributed by atoms with E-state index in [9.17, 15) is 9.90 Å². The van der Waals surface area contributed by atoms with Gasteiger partial charge in [-0.2, -0.15) is 0 Å². The Balaban J connectivity index is 1.90. The number of aromatic hydroxyl groups is 1. The van der Waals surface area contributed by atoms with Crippen LogP contribution >= 0.6 is 0 Å². The maximum atomic E-state index is 11.2. The molecule has 110 valence electrons. The van der Waals surface area contributed by atoms with E-state index in [0.29, 0.717) is 12.1 Å². The van der Waals surface area contributed by atoms with Crippen molar-refractivity contribution in [3.63, 3.8) is 0 Å². The molecule has 1 heterocycles. The number of hydrogen-bond acceptors (Lipinski definition) is 4. The topological polar surface area (TPSA) is 68.0 Å². The van der Waals surface area contributed by atoms with Crippen molar-refractivity contribution in [3.8, 4) is 11.4 Å². The summed E-state index contributed by atoms with van der Waals surface area (Å²) in [5.41, 5.74) is 3.08. The fraction of sp³-hybridized carbons (Fsp3) is 0.118. The molecule has 3 rings (SSSR count). The molecule has 0 amide bonds. The van der Waals surface area contributed by atoms with E-state index in [0.717, 1.165) is 24.1 Å². The highest BCUT2D eigenvalue weighted by Crippen LogP contribution is 2.17. The third-order valence-electron chi connectivity index (χ3n) is 3.49. The summed E-state index contributed by atoms with van der Waals surface area (Å²) >= 11 is 0. The Kier molecular flexibility index (Phi) is 3.96. The lowest BCUT2D eigenvalue weighted by atomic mass is 10.1. The van der Waals surface area contributed by atoms with Crippen molar-refractivity contribution >= 4 is 6.29 Å². The Morgan fingerprint density at radius 3 is 2.41 bits per heavy atom. The van der Waals surface area contributed by atoms with Gasteiger partial charge in [0, 0.05) is 0 Å². The molecule has 0 radical (unpaired) electrons. The standard InChI is InChI=1S/C17H15N3O2/c21-12-16-17(11-6-13-4-2-1-3-5-13)20(19-18-16)14-7-9-15(22)10-8-14/h1-5,7-10,12,22H,6,11H2. The number of nitrogens with zero attached hydrogens (tertiary/aromatic N) is 3. The van der Waals surface area contributed by atoms with Crippen LogP contribution in [0.4, 0.5) is 0 Å². The summed E-state index contributed by atoms with van der Waals surface area (Å²) in [5.74, 6) is 0.185. The molecule has 0 saturated carbocycles. The third kappa shape index (κ3) is 2.88. The van der Waals surface area contributed by atoms with E-state index in [1.807, 2.05) is 18.2 Å². The molecule has 0 unspecified atom stereocenters. The fourth-order valence-corrected chi connectivity index (χ4v) is 2.35. The average molecular weight is 293 g/mol. The lowest BCUT2D eigenvalue weighted by Crippen LogP contribution is -2.05. The van der Waals surface area contributed by atoms with Crippen LogP contribution in [0, 0.1) is 0 Å². The van der Waals surface area contributed by atoms with Crippen molar-refractivity contribution in [1.29, 1.82) is 0 Å². The molecule has 0 atom stereocenters. The summed E-state index contributed by atoms with van der Waals surface area (Å²) in [6.07, 6.45) is 2.18. The van der Waals surface area contributed by atoms with Crippen LogP contribution in [-0.4, -0.2) is 26.4 Å². The maximum absolute atomic E-state index is 11.2. The Morgan fingerprint density at radius 2 is 1.73 bits per heavy atom. The minimum absolute atomic E-state index is 0.185. The molecule has 0 aliphatic heterocycles. The van der Waals surface area contributed by atoms with Crippen LogP contribution in [0.5, 0.6) is 5.75 Å². The van der Waals surface area contributed by atoms with Gasteiger partial charge in [0.1, 0.15) is 11.4 Å². The highest BCUT2D eigenvalue weighted by atomic mass is 16.3. The van der Waals surface area contributed by atoms with E-state index in [2.05, 4.69) is 22.4 Å². The molecule has 22 heavy (non-hydrogen) atoms. The maximum Gasteiger partial charge on any atom is 0.172 e. The number of carbonyl (C=O) groups excluding carboxylic acids is 1. The lowest BCUT2D eigenvalue weighted by molar-refractivity contribution is 0.111.